The van der Waals surface area contributed by atoms with Gasteiger partial charge in [0.1, 0.15) is 0 Å². The van der Waals surface area contributed by atoms with Crippen LogP contribution < -0.4 is 0 Å². The number of rotatable bonds is 4. The van der Waals surface area contributed by atoms with Crippen molar-refractivity contribution in [2.75, 3.05) is 0 Å². The highest BCUT2D eigenvalue weighted by Crippen LogP contribution is 2.12. The molecule has 0 spiro atoms. The Kier molecular flexibility index (Phi) is 3.66. The van der Waals surface area contributed by atoms with Crippen molar-refractivity contribution >= 4 is 10.1 Å². The van der Waals surface area contributed by atoms with Crippen molar-refractivity contribution in [2.24, 2.45) is 0 Å². The zero-order chi connectivity index (χ0) is 10.6. The zero-order valence-corrected chi connectivity index (χ0v) is 8.92. The lowest BCUT2D eigenvalue weighted by Gasteiger charge is -2.01. The second kappa shape index (κ2) is 4.57. The van der Waals surface area contributed by atoms with E-state index < -0.39 is 10.1 Å². The van der Waals surface area contributed by atoms with Crippen molar-refractivity contribution in [1.82, 2.24) is 0 Å². The SMILES string of the molecule is CCCCc1cccc(S(=O)(=O)O)c1. The van der Waals surface area contributed by atoms with Crippen molar-refractivity contribution in [1.29, 1.82) is 0 Å². The summed E-state index contributed by atoms with van der Waals surface area (Å²) in [4.78, 5) is -0.0221. The van der Waals surface area contributed by atoms with Gasteiger partial charge < -0.3 is 0 Å². The maximum absolute atomic E-state index is 10.8. The van der Waals surface area contributed by atoms with E-state index in [9.17, 15) is 8.42 Å². The molecule has 0 fully saturated rings. The van der Waals surface area contributed by atoms with Crippen molar-refractivity contribution in [3.63, 3.8) is 0 Å². The van der Waals surface area contributed by atoms with E-state index in [1.54, 1.807) is 6.07 Å². The minimum Gasteiger partial charge on any atom is -0.282 e. The summed E-state index contributed by atoms with van der Waals surface area (Å²) in [5.74, 6) is 0. The average molecular weight is 214 g/mol. The van der Waals surface area contributed by atoms with Crippen molar-refractivity contribution in [3.8, 4) is 0 Å². The molecule has 0 unspecified atom stereocenters. The van der Waals surface area contributed by atoms with E-state index in [4.69, 9.17) is 4.55 Å². The van der Waals surface area contributed by atoms with Crippen LogP contribution in [0.3, 0.4) is 0 Å². The van der Waals surface area contributed by atoms with Crippen LogP contribution in [0, 0.1) is 0 Å². The highest BCUT2D eigenvalue weighted by atomic mass is 32.2. The summed E-state index contributed by atoms with van der Waals surface area (Å²) < 4.78 is 30.4. The molecule has 0 aromatic heterocycles. The first-order valence-electron chi connectivity index (χ1n) is 4.60. The zero-order valence-electron chi connectivity index (χ0n) is 8.10. The number of aryl methyl sites for hydroxylation is 1. The molecule has 0 aliphatic heterocycles. The van der Waals surface area contributed by atoms with Gasteiger partial charge in [0.2, 0.25) is 0 Å². The van der Waals surface area contributed by atoms with E-state index in [1.165, 1.54) is 12.1 Å². The first-order valence-corrected chi connectivity index (χ1v) is 6.04. The molecule has 1 aromatic rings. The molecule has 1 aromatic carbocycles. The Labute approximate surface area is 84.5 Å². The van der Waals surface area contributed by atoms with E-state index in [0.29, 0.717) is 0 Å². The fourth-order valence-electron chi connectivity index (χ4n) is 1.24. The molecular formula is C10H14O3S. The highest BCUT2D eigenvalue weighted by Gasteiger charge is 2.08. The number of hydrogen-bond donors (Lipinski definition) is 1. The summed E-state index contributed by atoms with van der Waals surface area (Å²) in [7, 11) is -4.05. The largest absolute Gasteiger partial charge is 0.294 e. The van der Waals surface area contributed by atoms with Crippen LogP contribution in [-0.2, 0) is 16.5 Å². The second-order valence-electron chi connectivity index (χ2n) is 3.23. The molecule has 3 nitrogen and oxygen atoms in total. The van der Waals surface area contributed by atoms with Gasteiger partial charge >= 0.3 is 0 Å². The van der Waals surface area contributed by atoms with Crippen LogP contribution in [0.4, 0.5) is 0 Å². The molecule has 4 heteroatoms. The minimum absolute atomic E-state index is 0.0221. The smallest absolute Gasteiger partial charge is 0.282 e. The molecular weight excluding hydrogens is 200 g/mol. The summed E-state index contributed by atoms with van der Waals surface area (Å²) in [6.45, 7) is 2.08. The lowest BCUT2D eigenvalue weighted by molar-refractivity contribution is 0.483. The van der Waals surface area contributed by atoms with Crippen molar-refractivity contribution < 1.29 is 13.0 Å². The Bertz CT molecular complexity index is 396. The average Bonchev–Trinajstić information content (AvgIpc) is 2.14. The quantitative estimate of drug-likeness (QED) is 0.782. The summed E-state index contributed by atoms with van der Waals surface area (Å²) in [6.07, 6.45) is 2.94. The summed E-state index contributed by atoms with van der Waals surface area (Å²) >= 11 is 0. The van der Waals surface area contributed by atoms with E-state index in [1.807, 2.05) is 6.07 Å². The van der Waals surface area contributed by atoms with E-state index in [2.05, 4.69) is 6.92 Å². The number of benzene rings is 1. The third kappa shape index (κ3) is 3.12. The maximum atomic E-state index is 10.8. The van der Waals surface area contributed by atoms with Crippen molar-refractivity contribution in [3.05, 3.63) is 29.8 Å². The van der Waals surface area contributed by atoms with Gasteiger partial charge in [-0.2, -0.15) is 8.42 Å². The van der Waals surface area contributed by atoms with Gasteiger partial charge in [-0.3, -0.25) is 4.55 Å². The van der Waals surface area contributed by atoms with Gasteiger partial charge in [-0.05, 0) is 30.5 Å². The standard InChI is InChI=1S/C10H14O3S/c1-2-3-5-9-6-4-7-10(8-9)14(11,12)13/h4,6-8H,2-3,5H2,1H3,(H,11,12,13). The topological polar surface area (TPSA) is 54.4 Å². The fourth-order valence-corrected chi connectivity index (χ4v) is 1.79. The third-order valence-electron chi connectivity index (χ3n) is 2.02. The van der Waals surface area contributed by atoms with Crippen LogP contribution in [0.1, 0.15) is 25.3 Å². The van der Waals surface area contributed by atoms with Gasteiger partial charge in [-0.15, -0.1) is 0 Å². The lowest BCUT2D eigenvalue weighted by atomic mass is 10.1. The monoisotopic (exact) mass is 214 g/mol. The van der Waals surface area contributed by atoms with Gasteiger partial charge in [0.25, 0.3) is 10.1 Å². The Morgan fingerprint density at radius 3 is 2.64 bits per heavy atom. The predicted molar refractivity (Wildman–Crippen MR) is 54.9 cm³/mol. The normalized spacial score (nSPS) is 11.6. The Balaban J connectivity index is 2.90. The second-order valence-corrected chi connectivity index (χ2v) is 4.65. The molecule has 0 radical (unpaired) electrons. The van der Waals surface area contributed by atoms with Crippen LogP contribution in [0.25, 0.3) is 0 Å². The molecule has 0 saturated heterocycles. The maximum Gasteiger partial charge on any atom is 0.294 e. The molecule has 0 saturated carbocycles. The first-order chi connectivity index (χ1) is 6.54. The van der Waals surface area contributed by atoms with Crippen LogP contribution in [0.2, 0.25) is 0 Å². The molecule has 1 rings (SSSR count). The Morgan fingerprint density at radius 2 is 2.07 bits per heavy atom. The predicted octanol–water partition coefficient (Wildman–Crippen LogP) is 2.28. The molecule has 0 heterocycles. The van der Waals surface area contributed by atoms with E-state index in [0.717, 1.165) is 24.8 Å². The van der Waals surface area contributed by atoms with Gasteiger partial charge in [0.05, 0.1) is 4.90 Å². The summed E-state index contributed by atoms with van der Waals surface area (Å²) in [5.41, 5.74) is 0.946. The van der Waals surface area contributed by atoms with Crippen LogP contribution in [0.5, 0.6) is 0 Å². The fraction of sp³-hybridized carbons (Fsp3) is 0.400. The van der Waals surface area contributed by atoms with Crippen LogP contribution in [-0.4, -0.2) is 13.0 Å². The first kappa shape index (κ1) is 11.2. The molecule has 0 aliphatic rings. The van der Waals surface area contributed by atoms with E-state index in [-0.39, 0.29) is 4.90 Å². The third-order valence-corrected chi connectivity index (χ3v) is 2.86. The van der Waals surface area contributed by atoms with E-state index >= 15 is 0 Å². The van der Waals surface area contributed by atoms with Crippen molar-refractivity contribution in [2.45, 2.75) is 31.1 Å². The van der Waals surface area contributed by atoms with Crippen LogP contribution >= 0.6 is 0 Å². The molecule has 78 valence electrons. The minimum atomic E-state index is -4.05. The lowest BCUT2D eigenvalue weighted by Crippen LogP contribution is -1.98. The Hall–Kier alpha value is -0.870. The molecule has 0 atom stereocenters. The number of unbranched alkanes of at least 4 members (excludes halogenated alkanes) is 1. The van der Waals surface area contributed by atoms with Gasteiger partial charge in [0.15, 0.2) is 0 Å². The van der Waals surface area contributed by atoms with Gasteiger partial charge in [-0.25, -0.2) is 0 Å². The number of hydrogen-bond acceptors (Lipinski definition) is 2. The van der Waals surface area contributed by atoms with Gasteiger partial charge in [-0.1, -0.05) is 25.5 Å². The van der Waals surface area contributed by atoms with Crippen LogP contribution in [0.15, 0.2) is 29.2 Å². The Morgan fingerprint density at radius 1 is 1.36 bits per heavy atom. The molecule has 0 bridgehead atoms. The molecule has 1 N–H and O–H groups in total. The molecule has 0 amide bonds. The highest BCUT2D eigenvalue weighted by molar-refractivity contribution is 7.85. The molecule has 0 aliphatic carbocycles. The summed E-state index contributed by atoms with van der Waals surface area (Å²) in [6, 6.07) is 6.42. The van der Waals surface area contributed by atoms with Gasteiger partial charge in [0, 0.05) is 0 Å². The molecule has 14 heavy (non-hydrogen) atoms. The summed E-state index contributed by atoms with van der Waals surface area (Å²) in [5, 5.41) is 0.